The van der Waals surface area contributed by atoms with Crippen LogP contribution in [-0.2, 0) is 14.8 Å². The Labute approximate surface area is 204 Å². The topological polar surface area (TPSA) is 78.5 Å². The van der Waals surface area contributed by atoms with Crippen LogP contribution in [0.4, 0.5) is 5.69 Å². The molecule has 1 aliphatic heterocycles. The smallest absolute Gasteiger partial charge is 0.264 e. The summed E-state index contributed by atoms with van der Waals surface area (Å²) in [6, 6.07) is 17.1. The van der Waals surface area contributed by atoms with Gasteiger partial charge < -0.3 is 5.32 Å². The van der Waals surface area contributed by atoms with E-state index in [0.717, 1.165) is 19.4 Å². The number of nitrogens with zero attached hydrogens (tertiary/aromatic N) is 1. The molecule has 1 saturated carbocycles. The predicted molar refractivity (Wildman–Crippen MR) is 136 cm³/mol. The van der Waals surface area contributed by atoms with Crippen molar-refractivity contribution in [1.82, 2.24) is 10.6 Å². The number of amides is 1. The molecule has 1 heterocycles. The van der Waals surface area contributed by atoms with Crippen LogP contribution in [0.25, 0.3) is 0 Å². The fraction of sp³-hybridized carbons (Fsp3) is 0.519. The minimum absolute atomic E-state index is 0.126. The highest BCUT2D eigenvalue weighted by atomic mass is 32.2. The Morgan fingerprint density at radius 2 is 1.47 bits per heavy atom. The van der Waals surface area contributed by atoms with Crippen LogP contribution >= 0.6 is 0 Å². The van der Waals surface area contributed by atoms with Crippen molar-refractivity contribution in [2.24, 2.45) is 5.41 Å². The monoisotopic (exact) mass is 483 g/mol. The summed E-state index contributed by atoms with van der Waals surface area (Å²) in [6.07, 6.45) is 12.2. The molecule has 1 amide bonds. The zero-order valence-electron chi connectivity index (χ0n) is 19.9. The Balaban J connectivity index is 1.47. The van der Waals surface area contributed by atoms with Crippen molar-refractivity contribution in [2.75, 3.05) is 17.4 Å². The van der Waals surface area contributed by atoms with E-state index >= 15 is 0 Å². The summed E-state index contributed by atoms with van der Waals surface area (Å²) in [4.78, 5) is 13.3. The van der Waals surface area contributed by atoms with Gasteiger partial charge in [-0.15, -0.1) is 0 Å². The molecule has 1 unspecified atom stereocenters. The van der Waals surface area contributed by atoms with Crippen molar-refractivity contribution in [2.45, 2.75) is 75.3 Å². The van der Waals surface area contributed by atoms with Crippen molar-refractivity contribution >= 4 is 21.6 Å². The Morgan fingerprint density at radius 1 is 0.882 bits per heavy atom. The SMILES string of the molecule is O=C(CN(c1ccccc1)S(=O)(=O)c1ccccc1)NC1CC2(CCCCCCCC2)CCN1. The summed E-state index contributed by atoms with van der Waals surface area (Å²) in [7, 11) is -3.88. The third kappa shape index (κ3) is 6.19. The molecule has 0 aromatic heterocycles. The number of carbonyl (C=O) groups excluding carboxylic acids is 1. The molecule has 1 spiro atoms. The normalized spacial score (nSPS) is 21.1. The molecule has 1 atom stereocenters. The molecular weight excluding hydrogens is 446 g/mol. The molecule has 2 aromatic carbocycles. The Morgan fingerprint density at radius 3 is 2.12 bits per heavy atom. The predicted octanol–water partition coefficient (Wildman–Crippen LogP) is 4.83. The second-order valence-corrected chi connectivity index (χ2v) is 11.7. The molecule has 0 radical (unpaired) electrons. The minimum atomic E-state index is -3.88. The number of carbonyl (C=O) groups is 1. The van der Waals surface area contributed by atoms with E-state index in [4.69, 9.17) is 0 Å². The quantitative estimate of drug-likeness (QED) is 0.617. The first-order valence-corrected chi connectivity index (χ1v) is 14.1. The highest BCUT2D eigenvalue weighted by molar-refractivity contribution is 7.92. The number of rotatable bonds is 6. The highest BCUT2D eigenvalue weighted by Crippen LogP contribution is 2.42. The van der Waals surface area contributed by atoms with Gasteiger partial charge in [0.25, 0.3) is 10.0 Å². The van der Waals surface area contributed by atoms with E-state index < -0.39 is 10.0 Å². The zero-order chi connectivity index (χ0) is 23.9. The van der Waals surface area contributed by atoms with Crippen LogP contribution in [0.2, 0.25) is 0 Å². The van der Waals surface area contributed by atoms with Gasteiger partial charge in [-0.25, -0.2) is 8.42 Å². The van der Waals surface area contributed by atoms with Gasteiger partial charge in [-0.1, -0.05) is 74.9 Å². The largest absolute Gasteiger partial charge is 0.339 e. The molecule has 7 heteroatoms. The van der Waals surface area contributed by atoms with Crippen molar-refractivity contribution < 1.29 is 13.2 Å². The first-order valence-electron chi connectivity index (χ1n) is 12.6. The number of nitrogens with one attached hydrogen (secondary N) is 2. The molecule has 0 bridgehead atoms. The van der Waals surface area contributed by atoms with Gasteiger partial charge in [-0.2, -0.15) is 0 Å². The number of para-hydroxylation sites is 1. The van der Waals surface area contributed by atoms with E-state index in [9.17, 15) is 13.2 Å². The fourth-order valence-corrected chi connectivity index (χ4v) is 6.95. The molecule has 2 aromatic rings. The summed E-state index contributed by atoms with van der Waals surface area (Å²) in [5.41, 5.74) is 0.758. The van der Waals surface area contributed by atoms with Crippen LogP contribution in [0.3, 0.4) is 0 Å². The average molecular weight is 484 g/mol. The van der Waals surface area contributed by atoms with E-state index in [1.165, 1.54) is 55.7 Å². The van der Waals surface area contributed by atoms with Gasteiger partial charge in [0.2, 0.25) is 5.91 Å². The summed E-state index contributed by atoms with van der Waals surface area (Å²) in [5.74, 6) is -0.291. The van der Waals surface area contributed by atoms with Crippen molar-refractivity contribution in [3.63, 3.8) is 0 Å². The molecule has 34 heavy (non-hydrogen) atoms. The molecule has 184 valence electrons. The van der Waals surface area contributed by atoms with E-state index in [1.807, 2.05) is 6.07 Å². The van der Waals surface area contributed by atoms with Crippen molar-refractivity contribution in [1.29, 1.82) is 0 Å². The first kappa shape index (κ1) is 24.7. The third-order valence-electron chi connectivity index (χ3n) is 7.35. The number of hydrogen-bond acceptors (Lipinski definition) is 4. The molecule has 4 rings (SSSR count). The third-order valence-corrected chi connectivity index (χ3v) is 9.13. The van der Waals surface area contributed by atoms with E-state index in [1.54, 1.807) is 54.6 Å². The lowest BCUT2D eigenvalue weighted by atomic mass is 9.71. The maximum Gasteiger partial charge on any atom is 0.264 e. The van der Waals surface area contributed by atoms with E-state index in [-0.39, 0.29) is 28.9 Å². The molecule has 1 aliphatic carbocycles. The Kier molecular flexibility index (Phi) is 8.27. The van der Waals surface area contributed by atoms with Gasteiger partial charge in [-0.3, -0.25) is 14.4 Å². The van der Waals surface area contributed by atoms with Crippen LogP contribution in [0.1, 0.15) is 64.2 Å². The van der Waals surface area contributed by atoms with Crippen LogP contribution in [0.5, 0.6) is 0 Å². The molecule has 2 fully saturated rings. The lowest BCUT2D eigenvalue weighted by molar-refractivity contribution is -0.121. The molecule has 2 N–H and O–H groups in total. The van der Waals surface area contributed by atoms with Crippen molar-refractivity contribution in [3.8, 4) is 0 Å². The van der Waals surface area contributed by atoms with Gasteiger partial charge in [0.05, 0.1) is 16.7 Å². The van der Waals surface area contributed by atoms with Gasteiger partial charge in [0.15, 0.2) is 0 Å². The van der Waals surface area contributed by atoms with E-state index in [2.05, 4.69) is 10.6 Å². The fourth-order valence-electron chi connectivity index (χ4n) is 5.51. The second-order valence-electron chi connectivity index (χ2n) is 9.81. The maximum atomic E-state index is 13.4. The number of sulfonamides is 1. The van der Waals surface area contributed by atoms with Gasteiger partial charge in [0.1, 0.15) is 6.54 Å². The lowest BCUT2D eigenvalue weighted by Crippen LogP contribution is -2.55. The Bertz CT molecular complexity index is 1020. The van der Waals surface area contributed by atoms with Gasteiger partial charge >= 0.3 is 0 Å². The summed E-state index contributed by atoms with van der Waals surface area (Å²) >= 11 is 0. The summed E-state index contributed by atoms with van der Waals surface area (Å²) < 4.78 is 28.1. The van der Waals surface area contributed by atoms with Crippen LogP contribution in [-0.4, -0.2) is 33.6 Å². The molecular formula is C27H37N3O3S. The average Bonchev–Trinajstić information content (AvgIpc) is 2.96. The maximum absolute atomic E-state index is 13.4. The number of benzene rings is 2. The summed E-state index contributed by atoms with van der Waals surface area (Å²) in [5, 5.41) is 6.57. The summed E-state index contributed by atoms with van der Waals surface area (Å²) in [6.45, 7) is 0.627. The lowest BCUT2D eigenvalue weighted by Gasteiger charge is -2.42. The first-order chi connectivity index (χ1) is 16.5. The van der Waals surface area contributed by atoms with Gasteiger partial charge in [-0.05, 0) is 61.9 Å². The van der Waals surface area contributed by atoms with Crippen LogP contribution in [0, 0.1) is 5.41 Å². The number of piperidine rings is 1. The Hall–Kier alpha value is -2.38. The van der Waals surface area contributed by atoms with Crippen LogP contribution in [0.15, 0.2) is 65.6 Å². The van der Waals surface area contributed by atoms with Crippen molar-refractivity contribution in [3.05, 3.63) is 60.7 Å². The minimum Gasteiger partial charge on any atom is -0.339 e. The molecule has 1 saturated heterocycles. The number of hydrogen-bond donors (Lipinski definition) is 2. The molecule has 6 nitrogen and oxygen atoms in total. The van der Waals surface area contributed by atoms with Gasteiger partial charge in [0, 0.05) is 0 Å². The standard InChI is InChI=1S/C27H37N3O3S/c31-26(29-25-21-27(19-20-28-25)17-11-3-1-2-4-12-18-27)22-30(23-13-7-5-8-14-23)34(32,33)24-15-9-6-10-16-24/h5-10,13-16,25,28H,1-4,11-12,17-22H2,(H,29,31). The zero-order valence-corrected chi connectivity index (χ0v) is 20.7. The van der Waals surface area contributed by atoms with E-state index in [0.29, 0.717) is 5.69 Å². The molecule has 2 aliphatic rings. The second kappa shape index (κ2) is 11.4. The van der Waals surface area contributed by atoms with Crippen LogP contribution < -0.4 is 14.9 Å². The highest BCUT2D eigenvalue weighted by Gasteiger charge is 2.36. The number of anilines is 1.